The van der Waals surface area contributed by atoms with E-state index in [4.69, 9.17) is 0 Å². The summed E-state index contributed by atoms with van der Waals surface area (Å²) in [6, 6.07) is 18.7. The molecule has 0 radical (unpaired) electrons. The topological polar surface area (TPSA) is 0 Å². The Labute approximate surface area is 390 Å². The number of hydrogen-bond donors (Lipinski definition) is 0. The van der Waals surface area contributed by atoms with E-state index in [0.717, 1.165) is 23.0 Å². The molecule has 0 heteroatoms. The number of unbranched alkanes of at least 4 members (excludes halogenated alkanes) is 32. The van der Waals surface area contributed by atoms with E-state index >= 15 is 0 Å². The van der Waals surface area contributed by atoms with Gasteiger partial charge in [-0.05, 0) is 60.1 Å². The minimum Gasteiger partial charge on any atom is -0.0654 e. The first-order valence-corrected chi connectivity index (χ1v) is 28.4. The highest BCUT2D eigenvalue weighted by molar-refractivity contribution is 5.44. The summed E-state index contributed by atoms with van der Waals surface area (Å²) in [5, 5.41) is 0. The van der Waals surface area contributed by atoms with Gasteiger partial charge in [-0.1, -0.05) is 321 Å². The van der Waals surface area contributed by atoms with Crippen LogP contribution in [0.25, 0.3) is 0 Å². The maximum absolute atomic E-state index is 3.51. The van der Waals surface area contributed by atoms with Crippen LogP contribution in [0, 0.1) is 23.7 Å². The van der Waals surface area contributed by atoms with Crippen LogP contribution in [0.15, 0.2) is 48.5 Å². The summed E-state index contributed by atoms with van der Waals surface area (Å²) in [6.07, 6.45) is 59.4. The van der Waals surface area contributed by atoms with Gasteiger partial charge in [0.2, 0.25) is 0 Å². The molecule has 0 saturated carbocycles. The lowest BCUT2D eigenvalue weighted by atomic mass is 9.88. The molecule has 0 aliphatic carbocycles. The van der Waals surface area contributed by atoms with Gasteiger partial charge in [0.15, 0.2) is 0 Å². The molecule has 0 heterocycles. The van der Waals surface area contributed by atoms with Gasteiger partial charge < -0.3 is 0 Å². The molecule has 0 spiro atoms. The second kappa shape index (κ2) is 42.9. The van der Waals surface area contributed by atoms with Crippen LogP contribution >= 0.6 is 0 Å². The molecule has 0 aromatic heterocycles. The molecule has 354 valence electrons. The van der Waals surface area contributed by atoms with E-state index in [1.165, 1.54) is 281 Å². The van der Waals surface area contributed by atoms with Crippen molar-refractivity contribution in [3.8, 4) is 11.8 Å². The minimum absolute atomic E-state index is 0.828. The van der Waals surface area contributed by atoms with Crippen molar-refractivity contribution < 1.29 is 0 Å². The summed E-state index contributed by atoms with van der Waals surface area (Å²) >= 11 is 0. The van der Waals surface area contributed by atoms with E-state index < -0.39 is 0 Å². The van der Waals surface area contributed by atoms with Crippen LogP contribution in [-0.4, -0.2) is 0 Å². The summed E-state index contributed by atoms with van der Waals surface area (Å²) < 4.78 is 0. The van der Waals surface area contributed by atoms with Crippen LogP contribution < -0.4 is 0 Å². The average molecular weight is 852 g/mol. The molecule has 0 aliphatic heterocycles. The smallest absolute Gasteiger partial charge is 0.0249 e. The van der Waals surface area contributed by atoms with Crippen LogP contribution in [0.5, 0.6) is 0 Å². The Morgan fingerprint density at radius 2 is 0.452 bits per heavy atom. The van der Waals surface area contributed by atoms with Gasteiger partial charge in [0.25, 0.3) is 0 Å². The highest BCUT2D eigenvalue weighted by atomic mass is 14.2. The fraction of sp³-hybridized carbons (Fsp3) is 0.774. The van der Waals surface area contributed by atoms with Crippen molar-refractivity contribution in [2.45, 2.75) is 297 Å². The number of hydrogen-bond acceptors (Lipinski definition) is 0. The summed E-state index contributed by atoms with van der Waals surface area (Å²) in [7, 11) is 0. The van der Waals surface area contributed by atoms with Crippen LogP contribution in [0.4, 0.5) is 0 Å². The third-order valence-electron chi connectivity index (χ3n) is 14.2. The highest BCUT2D eigenvalue weighted by Gasteiger charge is 2.12. The third-order valence-corrected chi connectivity index (χ3v) is 14.2. The molecule has 0 fully saturated rings. The molecule has 0 aliphatic rings. The molecule has 0 bridgehead atoms. The number of benzene rings is 2. The van der Waals surface area contributed by atoms with Gasteiger partial charge in [-0.2, -0.15) is 0 Å². The molecule has 2 aromatic carbocycles. The Bertz CT molecular complexity index is 1160. The predicted molar refractivity (Wildman–Crippen MR) is 281 cm³/mol. The molecular weight excluding hydrogens is 745 g/mol. The molecule has 2 rings (SSSR count). The Kier molecular flexibility index (Phi) is 38.9. The first-order valence-electron chi connectivity index (χ1n) is 28.4. The van der Waals surface area contributed by atoms with Crippen molar-refractivity contribution >= 4 is 0 Å². The van der Waals surface area contributed by atoms with Crippen molar-refractivity contribution in [3.05, 3.63) is 70.8 Å². The normalized spacial score (nSPS) is 12.4. The van der Waals surface area contributed by atoms with Crippen LogP contribution in [0.1, 0.15) is 307 Å². The van der Waals surface area contributed by atoms with Crippen LogP contribution in [0.3, 0.4) is 0 Å². The monoisotopic (exact) mass is 851 g/mol. The zero-order chi connectivity index (χ0) is 44.2. The van der Waals surface area contributed by atoms with E-state index in [-0.39, 0.29) is 0 Å². The lowest BCUT2D eigenvalue weighted by Gasteiger charge is -2.17. The van der Waals surface area contributed by atoms with E-state index in [1.807, 2.05) is 0 Å². The van der Waals surface area contributed by atoms with Gasteiger partial charge in [-0.15, -0.1) is 0 Å². The Morgan fingerprint density at radius 3 is 0.661 bits per heavy atom. The van der Waals surface area contributed by atoms with E-state index in [1.54, 1.807) is 0 Å². The predicted octanol–water partition coefficient (Wildman–Crippen LogP) is 21.1. The van der Waals surface area contributed by atoms with E-state index in [9.17, 15) is 0 Å². The maximum Gasteiger partial charge on any atom is 0.0249 e. The van der Waals surface area contributed by atoms with Gasteiger partial charge in [0, 0.05) is 11.1 Å². The van der Waals surface area contributed by atoms with Crippen LogP contribution in [0.2, 0.25) is 0 Å². The average Bonchev–Trinajstić information content (AvgIpc) is 3.29. The van der Waals surface area contributed by atoms with Gasteiger partial charge in [-0.3, -0.25) is 0 Å². The Hall–Kier alpha value is -2.00. The largest absolute Gasteiger partial charge is 0.0654 e. The summed E-state index contributed by atoms with van der Waals surface area (Å²) in [5.74, 6) is 8.67. The van der Waals surface area contributed by atoms with Gasteiger partial charge in [-0.25, -0.2) is 0 Å². The maximum atomic E-state index is 3.51. The lowest BCUT2D eigenvalue weighted by molar-refractivity contribution is 0.400. The molecule has 62 heavy (non-hydrogen) atoms. The minimum atomic E-state index is 0.828. The second-order valence-corrected chi connectivity index (χ2v) is 20.3. The molecule has 0 amide bonds. The Balaban J connectivity index is 1.86. The molecule has 2 aromatic rings. The third kappa shape index (κ3) is 33.5. The first kappa shape index (κ1) is 56.1. The van der Waals surface area contributed by atoms with Gasteiger partial charge in [0.1, 0.15) is 0 Å². The standard InChI is InChI=1S/C62H106/c1-5-9-13-17-21-25-27-31-35-39-43-59(41-37-33-29-23-19-15-11-7-3)55-61-51-47-57(48-52-61)45-46-58-49-53-62(54-50-58)56-60(42-38-34-30-24-20-16-12-8-4)44-40-36-32-28-26-22-18-14-10-6-2/h47-54,59-60H,5-44,55-56H2,1-4H3. The van der Waals surface area contributed by atoms with Crippen molar-refractivity contribution in [1.29, 1.82) is 0 Å². The van der Waals surface area contributed by atoms with Crippen molar-refractivity contribution in [1.82, 2.24) is 0 Å². The van der Waals surface area contributed by atoms with Crippen molar-refractivity contribution in [2.75, 3.05) is 0 Å². The molecule has 2 unspecified atom stereocenters. The van der Waals surface area contributed by atoms with Gasteiger partial charge >= 0.3 is 0 Å². The summed E-state index contributed by atoms with van der Waals surface area (Å²) in [6.45, 7) is 9.28. The zero-order valence-electron chi connectivity index (χ0n) is 42.5. The second-order valence-electron chi connectivity index (χ2n) is 20.3. The molecule has 0 saturated heterocycles. The molecule has 2 atom stereocenters. The molecule has 0 N–H and O–H groups in total. The number of rotatable bonds is 44. The molecule has 0 nitrogen and oxygen atoms in total. The van der Waals surface area contributed by atoms with Gasteiger partial charge in [0.05, 0.1) is 0 Å². The Morgan fingerprint density at radius 1 is 0.258 bits per heavy atom. The van der Waals surface area contributed by atoms with Crippen molar-refractivity contribution in [2.24, 2.45) is 11.8 Å². The van der Waals surface area contributed by atoms with E-state index in [2.05, 4.69) is 88.1 Å². The van der Waals surface area contributed by atoms with Crippen molar-refractivity contribution in [3.63, 3.8) is 0 Å². The summed E-state index contributed by atoms with van der Waals surface area (Å²) in [4.78, 5) is 0. The fourth-order valence-electron chi connectivity index (χ4n) is 9.93. The fourth-order valence-corrected chi connectivity index (χ4v) is 9.93. The molecular formula is C62H106. The first-order chi connectivity index (χ1) is 30.7. The SMILES string of the molecule is CCCCCCCCCCCCC(CCCCCCCCCC)Cc1ccc(C#Cc2ccc(CC(CCCCCCCCCC)CCCCCCCCCCCC)cc2)cc1. The lowest BCUT2D eigenvalue weighted by Crippen LogP contribution is -2.05. The summed E-state index contributed by atoms with van der Waals surface area (Å²) in [5.41, 5.74) is 5.31. The van der Waals surface area contributed by atoms with E-state index in [0.29, 0.717) is 0 Å². The van der Waals surface area contributed by atoms with Crippen LogP contribution in [-0.2, 0) is 12.8 Å². The quantitative estimate of drug-likeness (QED) is 0.0460. The zero-order valence-corrected chi connectivity index (χ0v) is 42.5. The highest BCUT2D eigenvalue weighted by Crippen LogP contribution is 2.26.